The van der Waals surface area contributed by atoms with Crippen molar-refractivity contribution in [2.45, 2.75) is 45.6 Å². The second-order valence-electron chi connectivity index (χ2n) is 5.09. The van der Waals surface area contributed by atoms with Gasteiger partial charge >= 0.3 is 0 Å². The minimum absolute atomic E-state index is 0.110. The number of nitrogens with one attached hydrogen (secondary N) is 1. The van der Waals surface area contributed by atoms with Crippen LogP contribution in [0.2, 0.25) is 0 Å². The standard InChI is InChI=1S/C14H26N6O/c1-5-11(6-7-21)17-9-18-13-12(10(2)3)8-19-20(13)14(15)16-4/h8-11,21H,5-7H2,1-4H3,(H2,15,16)(H,17,18). The van der Waals surface area contributed by atoms with Gasteiger partial charge in [0.15, 0.2) is 0 Å². The van der Waals surface area contributed by atoms with Crippen molar-refractivity contribution in [3.8, 4) is 0 Å². The molecule has 1 heterocycles. The van der Waals surface area contributed by atoms with E-state index in [0.717, 1.165) is 17.8 Å². The Morgan fingerprint density at radius 3 is 2.81 bits per heavy atom. The summed E-state index contributed by atoms with van der Waals surface area (Å²) in [6, 6.07) is 0.110. The molecule has 0 saturated heterocycles. The minimum Gasteiger partial charge on any atom is -0.396 e. The Morgan fingerprint density at radius 1 is 1.57 bits per heavy atom. The summed E-state index contributed by atoms with van der Waals surface area (Å²) in [5, 5.41) is 16.4. The summed E-state index contributed by atoms with van der Waals surface area (Å²) in [4.78, 5) is 8.37. The first kappa shape index (κ1) is 17.2. The van der Waals surface area contributed by atoms with E-state index in [1.165, 1.54) is 0 Å². The quantitative estimate of drug-likeness (QED) is 0.522. The molecule has 1 unspecified atom stereocenters. The zero-order valence-electron chi connectivity index (χ0n) is 13.2. The lowest BCUT2D eigenvalue weighted by Crippen LogP contribution is -2.25. The average Bonchev–Trinajstić information content (AvgIpc) is 2.89. The Labute approximate surface area is 126 Å². The molecule has 0 aliphatic carbocycles. The first-order valence-electron chi connectivity index (χ1n) is 7.24. The van der Waals surface area contributed by atoms with Crippen LogP contribution in [0.3, 0.4) is 0 Å². The maximum absolute atomic E-state index is 8.98. The summed E-state index contributed by atoms with van der Waals surface area (Å²) in [6.45, 7) is 6.36. The molecule has 0 fully saturated rings. The smallest absolute Gasteiger partial charge is 0.218 e. The van der Waals surface area contributed by atoms with E-state index in [4.69, 9.17) is 10.8 Å². The predicted molar refractivity (Wildman–Crippen MR) is 87.2 cm³/mol. The van der Waals surface area contributed by atoms with Crippen molar-refractivity contribution in [1.82, 2.24) is 9.78 Å². The van der Waals surface area contributed by atoms with Crippen LogP contribution in [0.1, 0.15) is 45.1 Å². The zero-order valence-corrected chi connectivity index (χ0v) is 13.2. The summed E-state index contributed by atoms with van der Waals surface area (Å²) in [6.07, 6.45) is 4.97. The highest BCUT2D eigenvalue weighted by Gasteiger charge is 2.14. The summed E-state index contributed by atoms with van der Waals surface area (Å²) >= 11 is 0. The number of aromatic nitrogens is 2. The van der Waals surface area contributed by atoms with Gasteiger partial charge in [0.05, 0.1) is 18.6 Å². The van der Waals surface area contributed by atoms with E-state index in [1.807, 2.05) is 6.92 Å². The van der Waals surface area contributed by atoms with Crippen LogP contribution in [0.25, 0.3) is 0 Å². The topological polar surface area (TPSA) is 101 Å². The molecule has 0 spiro atoms. The fourth-order valence-corrected chi connectivity index (χ4v) is 1.93. The molecule has 1 aromatic heterocycles. The van der Waals surface area contributed by atoms with E-state index in [9.17, 15) is 0 Å². The number of nitrogens with zero attached hydrogens (tertiary/aromatic N) is 4. The lowest BCUT2D eigenvalue weighted by molar-refractivity contribution is 0.275. The molecule has 1 rings (SSSR count). The number of hydrogen-bond acceptors (Lipinski definition) is 4. The molecular weight excluding hydrogens is 268 g/mol. The van der Waals surface area contributed by atoms with Gasteiger partial charge in [-0.05, 0) is 18.8 Å². The molecule has 21 heavy (non-hydrogen) atoms. The molecule has 0 amide bonds. The summed E-state index contributed by atoms with van der Waals surface area (Å²) < 4.78 is 1.56. The molecule has 118 valence electrons. The van der Waals surface area contributed by atoms with Gasteiger partial charge in [-0.2, -0.15) is 9.78 Å². The van der Waals surface area contributed by atoms with Crippen LogP contribution < -0.4 is 11.1 Å². The molecule has 7 nitrogen and oxygen atoms in total. The molecule has 0 aliphatic rings. The third-order valence-corrected chi connectivity index (χ3v) is 3.29. The first-order valence-corrected chi connectivity index (χ1v) is 7.24. The predicted octanol–water partition coefficient (Wildman–Crippen LogP) is 1.40. The number of aliphatic hydroxyl groups is 1. The highest BCUT2D eigenvalue weighted by Crippen LogP contribution is 2.23. The van der Waals surface area contributed by atoms with E-state index in [0.29, 0.717) is 18.3 Å². The third kappa shape index (κ3) is 4.56. The van der Waals surface area contributed by atoms with Crippen LogP contribution in [-0.2, 0) is 0 Å². The van der Waals surface area contributed by atoms with Gasteiger partial charge in [-0.15, -0.1) is 0 Å². The zero-order chi connectivity index (χ0) is 15.8. The van der Waals surface area contributed by atoms with Crippen LogP contribution in [0.5, 0.6) is 0 Å². The molecule has 0 aromatic carbocycles. The van der Waals surface area contributed by atoms with Gasteiger partial charge in [-0.1, -0.05) is 20.8 Å². The largest absolute Gasteiger partial charge is 0.396 e. The van der Waals surface area contributed by atoms with E-state index in [2.05, 4.69) is 34.2 Å². The van der Waals surface area contributed by atoms with Crippen LogP contribution in [0.4, 0.5) is 5.82 Å². The second kappa shape index (κ2) is 8.41. The molecule has 1 atom stereocenters. The maximum Gasteiger partial charge on any atom is 0.218 e. The van der Waals surface area contributed by atoms with Crippen molar-refractivity contribution in [3.05, 3.63) is 11.8 Å². The minimum atomic E-state index is 0.110. The Balaban J connectivity index is 2.95. The number of anilines is 1. The Hall–Kier alpha value is -1.89. The van der Waals surface area contributed by atoms with Gasteiger partial charge in [0.1, 0.15) is 5.82 Å². The first-order chi connectivity index (χ1) is 10.0. The summed E-state index contributed by atoms with van der Waals surface area (Å²) in [7, 11) is 1.62. The van der Waals surface area contributed by atoms with Crippen molar-refractivity contribution in [1.29, 1.82) is 0 Å². The summed E-state index contributed by atoms with van der Waals surface area (Å²) in [5.74, 6) is 1.40. The fraction of sp³-hybridized carbons (Fsp3) is 0.643. The van der Waals surface area contributed by atoms with Gasteiger partial charge < -0.3 is 16.2 Å². The lowest BCUT2D eigenvalue weighted by Gasteiger charge is -2.11. The molecule has 7 heteroatoms. The molecular formula is C14H26N6O. The average molecular weight is 294 g/mol. The number of rotatable bonds is 7. The highest BCUT2D eigenvalue weighted by atomic mass is 16.3. The van der Waals surface area contributed by atoms with Crippen LogP contribution >= 0.6 is 0 Å². The number of aliphatic hydroxyl groups excluding tert-OH is 1. The van der Waals surface area contributed by atoms with Crippen molar-refractivity contribution < 1.29 is 5.11 Å². The molecule has 4 N–H and O–H groups in total. The highest BCUT2D eigenvalue weighted by molar-refractivity contribution is 5.87. The summed E-state index contributed by atoms with van der Waals surface area (Å²) in [5.41, 5.74) is 6.89. The van der Waals surface area contributed by atoms with Crippen molar-refractivity contribution in [3.63, 3.8) is 0 Å². The van der Waals surface area contributed by atoms with Crippen LogP contribution in [0, 0.1) is 0 Å². The Bertz CT molecular complexity index is 492. The second-order valence-corrected chi connectivity index (χ2v) is 5.09. The Kier molecular flexibility index (Phi) is 6.87. The SMILES string of the molecule is CCC(CCO)N=CNc1c(C(C)C)cnn1C(N)=NC. The van der Waals surface area contributed by atoms with Crippen molar-refractivity contribution in [2.24, 2.45) is 15.7 Å². The van der Waals surface area contributed by atoms with Gasteiger partial charge in [0.25, 0.3) is 0 Å². The van der Waals surface area contributed by atoms with Crippen molar-refractivity contribution >= 4 is 18.1 Å². The maximum atomic E-state index is 8.98. The third-order valence-electron chi connectivity index (χ3n) is 3.29. The molecule has 0 saturated carbocycles. The molecule has 0 radical (unpaired) electrons. The van der Waals surface area contributed by atoms with Gasteiger partial charge in [0.2, 0.25) is 5.96 Å². The Morgan fingerprint density at radius 2 is 2.29 bits per heavy atom. The number of aliphatic imine (C=N–C) groups is 2. The molecule has 1 aromatic rings. The normalized spacial score (nSPS) is 14.1. The van der Waals surface area contributed by atoms with E-state index < -0.39 is 0 Å². The van der Waals surface area contributed by atoms with E-state index in [-0.39, 0.29) is 12.6 Å². The molecule has 0 bridgehead atoms. The van der Waals surface area contributed by atoms with Crippen LogP contribution in [-0.4, -0.2) is 46.9 Å². The fourth-order valence-electron chi connectivity index (χ4n) is 1.93. The van der Waals surface area contributed by atoms with Crippen LogP contribution in [0.15, 0.2) is 16.2 Å². The monoisotopic (exact) mass is 294 g/mol. The number of hydrogen-bond donors (Lipinski definition) is 3. The van der Waals surface area contributed by atoms with Gasteiger partial charge in [0, 0.05) is 19.2 Å². The van der Waals surface area contributed by atoms with Gasteiger partial charge in [-0.3, -0.25) is 9.98 Å². The van der Waals surface area contributed by atoms with Crippen molar-refractivity contribution in [2.75, 3.05) is 19.0 Å². The van der Waals surface area contributed by atoms with E-state index >= 15 is 0 Å². The van der Waals surface area contributed by atoms with Gasteiger partial charge in [-0.25, -0.2) is 0 Å². The number of nitrogens with two attached hydrogens (primary N) is 1. The molecule has 0 aliphatic heterocycles. The lowest BCUT2D eigenvalue weighted by atomic mass is 10.1. The van der Waals surface area contributed by atoms with E-state index in [1.54, 1.807) is 24.3 Å².